The molecule has 4 nitrogen and oxygen atoms in total. The molecule has 0 radical (unpaired) electrons. The van der Waals surface area contributed by atoms with Crippen LogP contribution in [-0.2, 0) is 14.3 Å². The summed E-state index contributed by atoms with van der Waals surface area (Å²) < 4.78 is 10.3. The highest BCUT2D eigenvalue weighted by Crippen LogP contribution is 2.68. The molecule has 0 aromatic rings. The number of hydrogen-bond acceptors (Lipinski definition) is 4. The number of carbonyl (C=O) groups excluding carboxylic acids is 1. The van der Waals surface area contributed by atoms with Gasteiger partial charge < -0.3 is 14.6 Å². The van der Waals surface area contributed by atoms with E-state index in [1.807, 2.05) is 0 Å². The van der Waals surface area contributed by atoms with E-state index >= 15 is 0 Å². The van der Waals surface area contributed by atoms with Gasteiger partial charge in [-0.3, -0.25) is 4.79 Å². The summed E-state index contributed by atoms with van der Waals surface area (Å²) in [7, 11) is 3.22. The van der Waals surface area contributed by atoms with Gasteiger partial charge in [-0.15, -0.1) is 0 Å². The molecular formula is C27H46O4. The predicted molar refractivity (Wildman–Crippen MR) is 122 cm³/mol. The SMILES string of the molecule is COC[C@]1(O)CC[C@]2(C)C3CC[C@@]4(C)C(CC[C@@H]4[C@H](C)CCC(=O)OC)C3CC[C@@H]2C1. The lowest BCUT2D eigenvalue weighted by atomic mass is 9.43. The molecule has 4 rings (SSSR count). The molecule has 9 atom stereocenters. The van der Waals surface area contributed by atoms with Crippen molar-refractivity contribution in [1.82, 2.24) is 0 Å². The Kier molecular flexibility index (Phi) is 6.55. The summed E-state index contributed by atoms with van der Waals surface area (Å²) in [4.78, 5) is 11.7. The smallest absolute Gasteiger partial charge is 0.305 e. The van der Waals surface area contributed by atoms with Crippen molar-refractivity contribution in [2.45, 2.75) is 97.0 Å². The van der Waals surface area contributed by atoms with Crippen molar-refractivity contribution in [3.05, 3.63) is 0 Å². The molecule has 4 saturated carbocycles. The van der Waals surface area contributed by atoms with Gasteiger partial charge in [0, 0.05) is 13.5 Å². The lowest BCUT2D eigenvalue weighted by Gasteiger charge is -2.62. The summed E-state index contributed by atoms with van der Waals surface area (Å²) in [5, 5.41) is 11.1. The van der Waals surface area contributed by atoms with Crippen molar-refractivity contribution >= 4 is 5.97 Å². The number of rotatable bonds is 6. The van der Waals surface area contributed by atoms with Gasteiger partial charge in [-0.1, -0.05) is 20.8 Å². The Bertz CT molecular complexity index is 664. The molecule has 4 fully saturated rings. The van der Waals surface area contributed by atoms with Gasteiger partial charge in [-0.25, -0.2) is 0 Å². The fourth-order valence-corrected chi connectivity index (χ4v) is 9.35. The van der Waals surface area contributed by atoms with Crippen LogP contribution >= 0.6 is 0 Å². The van der Waals surface area contributed by atoms with Gasteiger partial charge in [-0.05, 0) is 111 Å². The molecule has 0 spiro atoms. The van der Waals surface area contributed by atoms with E-state index < -0.39 is 5.60 Å². The van der Waals surface area contributed by atoms with Gasteiger partial charge in [0.25, 0.3) is 0 Å². The first-order chi connectivity index (χ1) is 14.7. The Morgan fingerprint density at radius 1 is 1.00 bits per heavy atom. The molecule has 0 aliphatic heterocycles. The lowest BCUT2D eigenvalue weighted by Crippen LogP contribution is -2.56. The van der Waals surface area contributed by atoms with Crippen molar-refractivity contribution < 1.29 is 19.4 Å². The molecule has 31 heavy (non-hydrogen) atoms. The topological polar surface area (TPSA) is 55.8 Å². The number of methoxy groups -OCH3 is 2. The van der Waals surface area contributed by atoms with Crippen molar-refractivity contribution in [2.75, 3.05) is 20.8 Å². The minimum absolute atomic E-state index is 0.0627. The molecule has 178 valence electrons. The zero-order valence-electron chi connectivity index (χ0n) is 20.6. The van der Waals surface area contributed by atoms with Crippen LogP contribution in [0.25, 0.3) is 0 Å². The third-order valence-corrected chi connectivity index (χ3v) is 11.0. The molecule has 0 saturated heterocycles. The third-order valence-electron chi connectivity index (χ3n) is 11.0. The monoisotopic (exact) mass is 434 g/mol. The fourth-order valence-electron chi connectivity index (χ4n) is 9.35. The van der Waals surface area contributed by atoms with Gasteiger partial charge in [0.2, 0.25) is 0 Å². The molecule has 0 aromatic heterocycles. The highest BCUT2D eigenvalue weighted by Gasteiger charge is 2.61. The number of carbonyl (C=O) groups is 1. The van der Waals surface area contributed by atoms with E-state index in [1.54, 1.807) is 7.11 Å². The van der Waals surface area contributed by atoms with Crippen LogP contribution in [0.5, 0.6) is 0 Å². The minimum atomic E-state index is -0.609. The molecular weight excluding hydrogens is 388 g/mol. The Morgan fingerprint density at radius 2 is 1.74 bits per heavy atom. The molecule has 4 aliphatic rings. The van der Waals surface area contributed by atoms with Crippen LogP contribution in [0, 0.1) is 46.3 Å². The van der Waals surface area contributed by atoms with Crippen LogP contribution in [0.2, 0.25) is 0 Å². The zero-order valence-corrected chi connectivity index (χ0v) is 20.6. The molecule has 0 amide bonds. The van der Waals surface area contributed by atoms with Crippen LogP contribution in [0.3, 0.4) is 0 Å². The largest absolute Gasteiger partial charge is 0.469 e. The summed E-state index contributed by atoms with van der Waals surface area (Å²) in [5.41, 5.74) is 0.215. The highest BCUT2D eigenvalue weighted by molar-refractivity contribution is 5.69. The van der Waals surface area contributed by atoms with Gasteiger partial charge in [0.05, 0.1) is 19.3 Å². The number of fused-ring (bicyclic) bond motifs is 5. The van der Waals surface area contributed by atoms with E-state index in [-0.39, 0.29) is 5.97 Å². The fraction of sp³-hybridized carbons (Fsp3) is 0.963. The zero-order chi connectivity index (χ0) is 22.4. The Labute approximate surface area is 189 Å². The summed E-state index contributed by atoms with van der Waals surface area (Å²) in [6.45, 7) is 8.02. The number of hydrogen-bond donors (Lipinski definition) is 1. The first-order valence-electron chi connectivity index (χ1n) is 12.9. The molecule has 0 heterocycles. The molecule has 0 bridgehead atoms. The third kappa shape index (κ3) is 3.98. The van der Waals surface area contributed by atoms with Crippen molar-refractivity contribution in [3.63, 3.8) is 0 Å². The van der Waals surface area contributed by atoms with Crippen LogP contribution in [0.4, 0.5) is 0 Å². The Morgan fingerprint density at radius 3 is 2.45 bits per heavy atom. The average molecular weight is 435 g/mol. The van der Waals surface area contributed by atoms with Crippen molar-refractivity contribution in [2.24, 2.45) is 46.3 Å². The second-order valence-corrected chi connectivity index (χ2v) is 12.3. The van der Waals surface area contributed by atoms with Gasteiger partial charge in [0.1, 0.15) is 0 Å². The van der Waals surface area contributed by atoms with E-state index in [1.165, 1.54) is 45.6 Å². The van der Waals surface area contributed by atoms with Gasteiger partial charge >= 0.3 is 5.97 Å². The van der Waals surface area contributed by atoms with E-state index in [4.69, 9.17) is 9.47 Å². The molecule has 3 unspecified atom stereocenters. The van der Waals surface area contributed by atoms with Crippen LogP contribution < -0.4 is 0 Å². The first-order valence-corrected chi connectivity index (χ1v) is 12.9. The van der Waals surface area contributed by atoms with Crippen molar-refractivity contribution in [1.29, 1.82) is 0 Å². The normalized spacial score (nSPS) is 47.7. The molecule has 4 aliphatic carbocycles. The van der Waals surface area contributed by atoms with E-state index in [9.17, 15) is 9.90 Å². The molecule has 4 heteroatoms. The average Bonchev–Trinajstić information content (AvgIpc) is 3.10. The first kappa shape index (κ1) is 23.5. The second-order valence-electron chi connectivity index (χ2n) is 12.3. The lowest BCUT2D eigenvalue weighted by molar-refractivity contribution is -0.163. The van der Waals surface area contributed by atoms with Gasteiger partial charge in [0.15, 0.2) is 0 Å². The number of esters is 1. The van der Waals surface area contributed by atoms with E-state index in [2.05, 4.69) is 20.8 Å². The Balaban J connectivity index is 1.47. The van der Waals surface area contributed by atoms with Gasteiger partial charge in [-0.2, -0.15) is 0 Å². The molecule has 1 N–H and O–H groups in total. The summed E-state index contributed by atoms with van der Waals surface area (Å²) in [5.74, 6) is 4.43. The number of ether oxygens (including phenoxy) is 2. The standard InChI is InChI=1S/C27H46O4/c1-18(6-11-24(28)31-5)21-9-10-22-20-8-7-19-16-27(29,17-30-4)15-14-25(19,2)23(20)12-13-26(21,22)3/h18-23,29H,6-17H2,1-5H3/t18-,19-,20?,21-,22?,23?,25+,26-,27+/m1/s1. The maximum atomic E-state index is 11.7. The van der Waals surface area contributed by atoms with Crippen LogP contribution in [0.15, 0.2) is 0 Å². The molecule has 0 aromatic carbocycles. The van der Waals surface area contributed by atoms with E-state index in [0.29, 0.717) is 35.7 Å². The summed E-state index contributed by atoms with van der Waals surface area (Å²) >= 11 is 0. The van der Waals surface area contributed by atoms with E-state index in [0.717, 1.165) is 49.4 Å². The summed E-state index contributed by atoms with van der Waals surface area (Å²) in [6.07, 6.45) is 12.5. The quantitative estimate of drug-likeness (QED) is 0.552. The maximum absolute atomic E-state index is 11.7. The van der Waals surface area contributed by atoms with Crippen LogP contribution in [0.1, 0.15) is 91.4 Å². The highest BCUT2D eigenvalue weighted by atomic mass is 16.5. The maximum Gasteiger partial charge on any atom is 0.305 e. The second kappa shape index (κ2) is 8.63. The minimum Gasteiger partial charge on any atom is -0.469 e. The Hall–Kier alpha value is -0.610. The van der Waals surface area contributed by atoms with Crippen LogP contribution in [-0.4, -0.2) is 37.5 Å². The predicted octanol–water partition coefficient (Wildman–Crippen LogP) is 5.61. The summed E-state index contributed by atoms with van der Waals surface area (Å²) in [6, 6.07) is 0. The van der Waals surface area contributed by atoms with Crippen molar-refractivity contribution in [3.8, 4) is 0 Å². The number of aliphatic hydroxyl groups is 1.